The Morgan fingerprint density at radius 3 is 2.38 bits per heavy atom. The van der Waals surface area contributed by atoms with Crippen molar-refractivity contribution in [3.05, 3.63) is 82.0 Å². The molecule has 172 valence electrons. The molecule has 2 heterocycles. The molecule has 0 amide bonds. The number of allylic oxidation sites excluding steroid dienone is 1. The minimum atomic E-state index is -1.24. The van der Waals surface area contributed by atoms with Gasteiger partial charge in [-0.25, -0.2) is 9.78 Å². The summed E-state index contributed by atoms with van der Waals surface area (Å²) in [7, 11) is 2.97. The molecule has 34 heavy (non-hydrogen) atoms. The molecule has 4 rings (SSSR count). The zero-order valence-electron chi connectivity index (χ0n) is 18.1. The van der Waals surface area contributed by atoms with Gasteiger partial charge in [-0.15, -0.1) is 0 Å². The molecule has 10 heteroatoms. The van der Waals surface area contributed by atoms with E-state index in [9.17, 15) is 14.7 Å². The van der Waals surface area contributed by atoms with Gasteiger partial charge in [-0.3, -0.25) is 4.79 Å². The normalized spacial score (nSPS) is 11.7. The molecule has 8 nitrogen and oxygen atoms in total. The van der Waals surface area contributed by atoms with E-state index in [-0.39, 0.29) is 28.2 Å². The van der Waals surface area contributed by atoms with Gasteiger partial charge in [0.2, 0.25) is 5.88 Å². The number of pyridine rings is 1. The molecule has 0 aliphatic carbocycles. The Hall–Kier alpha value is -3.82. The summed E-state index contributed by atoms with van der Waals surface area (Å²) in [4.78, 5) is 30.3. The van der Waals surface area contributed by atoms with Crippen molar-refractivity contribution in [2.45, 2.75) is 6.42 Å². The van der Waals surface area contributed by atoms with Gasteiger partial charge >= 0.3 is 5.97 Å². The van der Waals surface area contributed by atoms with Crippen LogP contribution in [0.1, 0.15) is 21.5 Å². The summed E-state index contributed by atoms with van der Waals surface area (Å²) in [6, 6.07) is 12.9. The van der Waals surface area contributed by atoms with Crippen LogP contribution in [0.25, 0.3) is 16.6 Å². The van der Waals surface area contributed by atoms with Crippen LogP contribution in [0.15, 0.2) is 60.3 Å². The number of methoxy groups -OCH3 is 2. The highest BCUT2D eigenvalue weighted by atomic mass is 35.5. The summed E-state index contributed by atoms with van der Waals surface area (Å²) in [5.74, 6) is -0.910. The second-order valence-electron chi connectivity index (χ2n) is 7.19. The molecule has 2 aromatic heterocycles. The molecule has 0 aliphatic heterocycles. The summed E-state index contributed by atoms with van der Waals surface area (Å²) in [6.45, 7) is 0. The number of fused-ring (bicyclic) bond motifs is 1. The number of Topliss-reactive ketones (excluding diaryl/α,β-unsaturated/α-hetero) is 1. The van der Waals surface area contributed by atoms with Gasteiger partial charge in [-0.05, 0) is 41.5 Å². The van der Waals surface area contributed by atoms with E-state index in [4.69, 9.17) is 21.1 Å². The molecule has 1 N–H and O–H groups in total. The van der Waals surface area contributed by atoms with Crippen molar-refractivity contribution in [3.8, 4) is 11.6 Å². The molecule has 0 aliphatic rings. The van der Waals surface area contributed by atoms with Crippen LogP contribution in [-0.4, -0.2) is 44.8 Å². The number of halogens is 1. The van der Waals surface area contributed by atoms with Crippen LogP contribution in [0.4, 0.5) is 0 Å². The molecular formula is C24H18ClN3O5S. The molecule has 0 radical (unpaired) electrons. The van der Waals surface area contributed by atoms with Crippen LogP contribution in [0.5, 0.6) is 11.6 Å². The van der Waals surface area contributed by atoms with Crippen molar-refractivity contribution in [1.29, 1.82) is 0 Å². The first-order valence-corrected chi connectivity index (χ1v) is 11.1. The highest BCUT2D eigenvalue weighted by Gasteiger charge is 2.25. The van der Waals surface area contributed by atoms with E-state index < -0.39 is 11.8 Å². The molecule has 0 saturated carbocycles. The molecular weight excluding hydrogens is 478 g/mol. The van der Waals surface area contributed by atoms with Crippen LogP contribution in [-0.2, 0) is 11.2 Å². The molecule has 0 fully saturated rings. The number of carboxylic acid groups (broad SMARTS) is 1. The number of carboxylic acids is 1. The van der Waals surface area contributed by atoms with E-state index in [0.29, 0.717) is 33.8 Å². The summed E-state index contributed by atoms with van der Waals surface area (Å²) in [6.07, 6.45) is 1.56. The van der Waals surface area contributed by atoms with Crippen LogP contribution in [0, 0.1) is 0 Å². The van der Waals surface area contributed by atoms with E-state index in [1.54, 1.807) is 48.7 Å². The third kappa shape index (κ3) is 4.75. The van der Waals surface area contributed by atoms with Crippen LogP contribution in [0.3, 0.4) is 0 Å². The topological polar surface area (TPSA) is 112 Å². The Labute approximate surface area is 203 Å². The van der Waals surface area contributed by atoms with Gasteiger partial charge in [0, 0.05) is 29.8 Å². The zero-order valence-corrected chi connectivity index (χ0v) is 19.7. The minimum Gasteiger partial charge on any atom is -0.495 e. The maximum absolute atomic E-state index is 13.7. The second-order valence-corrected chi connectivity index (χ2v) is 8.13. The number of aliphatic carboxylic acids is 1. The number of hydrogen-bond donors (Lipinski definition) is 1. The third-order valence-electron chi connectivity index (χ3n) is 5.13. The standard InChI is InChI=1S/C24H18ClN3O5S/c1-32-20-7-5-15(10-17(20)25)23(29)16(9-13-3-8-21(33-2)26-12-13)22(24(30)31)14-4-6-18-19(11-14)28-34-27-18/h3-8,10-12H,9H2,1-2H3,(H,30,31). The lowest BCUT2D eigenvalue weighted by molar-refractivity contribution is -0.130. The van der Waals surface area contributed by atoms with Crippen molar-refractivity contribution >= 4 is 51.7 Å². The molecule has 0 spiro atoms. The van der Waals surface area contributed by atoms with Crippen LogP contribution < -0.4 is 9.47 Å². The Morgan fingerprint density at radius 1 is 0.971 bits per heavy atom. The lowest BCUT2D eigenvalue weighted by Crippen LogP contribution is -2.14. The Morgan fingerprint density at radius 2 is 1.74 bits per heavy atom. The van der Waals surface area contributed by atoms with Gasteiger partial charge in [0.25, 0.3) is 0 Å². The van der Waals surface area contributed by atoms with Gasteiger partial charge in [0.15, 0.2) is 5.78 Å². The Balaban J connectivity index is 1.89. The SMILES string of the molecule is COc1ccc(CC(C(=O)c2ccc(OC)c(Cl)c2)=C(C(=O)O)c2ccc3nsnc3c2)cn1. The molecule has 0 saturated heterocycles. The van der Waals surface area contributed by atoms with Gasteiger partial charge in [-0.2, -0.15) is 8.75 Å². The molecule has 2 aromatic carbocycles. The van der Waals surface area contributed by atoms with Crippen LogP contribution >= 0.6 is 23.3 Å². The first kappa shape index (κ1) is 23.3. The minimum absolute atomic E-state index is 0.0223. The van der Waals surface area contributed by atoms with E-state index >= 15 is 0 Å². The summed E-state index contributed by atoms with van der Waals surface area (Å²) >= 11 is 7.26. The van der Waals surface area contributed by atoms with Crippen molar-refractivity contribution in [1.82, 2.24) is 13.7 Å². The molecule has 4 aromatic rings. The number of aromatic nitrogens is 3. The fourth-order valence-corrected chi connectivity index (χ4v) is 4.24. The maximum atomic E-state index is 13.7. The average molecular weight is 496 g/mol. The van der Waals surface area contributed by atoms with E-state index in [0.717, 1.165) is 11.7 Å². The Bertz CT molecular complexity index is 1420. The fourth-order valence-electron chi connectivity index (χ4n) is 3.47. The fraction of sp³-hybridized carbons (Fsp3) is 0.125. The predicted octanol–water partition coefficient (Wildman–Crippen LogP) is 4.72. The number of rotatable bonds is 8. The van der Waals surface area contributed by atoms with Crippen molar-refractivity contribution < 1.29 is 24.2 Å². The number of ketones is 1. The number of carbonyl (C=O) groups is 2. The predicted molar refractivity (Wildman–Crippen MR) is 129 cm³/mol. The summed E-state index contributed by atoms with van der Waals surface area (Å²) in [5.41, 5.74) is 2.35. The molecule has 0 bridgehead atoms. The average Bonchev–Trinajstić information content (AvgIpc) is 3.31. The second kappa shape index (κ2) is 9.98. The Kier molecular flexibility index (Phi) is 6.85. The number of carbonyl (C=O) groups excluding carboxylic acids is 1. The van der Waals surface area contributed by atoms with Crippen molar-refractivity contribution in [2.24, 2.45) is 0 Å². The largest absolute Gasteiger partial charge is 0.495 e. The van der Waals surface area contributed by atoms with E-state index in [1.807, 2.05) is 0 Å². The number of nitrogens with zero attached hydrogens (tertiary/aromatic N) is 3. The first-order chi connectivity index (χ1) is 16.4. The highest BCUT2D eigenvalue weighted by molar-refractivity contribution is 7.00. The highest BCUT2D eigenvalue weighted by Crippen LogP contribution is 2.30. The molecule has 0 unspecified atom stereocenters. The van der Waals surface area contributed by atoms with E-state index in [2.05, 4.69) is 13.7 Å². The van der Waals surface area contributed by atoms with E-state index in [1.165, 1.54) is 20.3 Å². The zero-order chi connectivity index (χ0) is 24.2. The lowest BCUT2D eigenvalue weighted by atomic mass is 9.89. The molecule has 0 atom stereocenters. The number of ether oxygens (including phenoxy) is 2. The third-order valence-corrected chi connectivity index (χ3v) is 5.99. The van der Waals surface area contributed by atoms with Crippen molar-refractivity contribution in [2.75, 3.05) is 14.2 Å². The summed E-state index contributed by atoms with van der Waals surface area (Å²) in [5, 5.41) is 10.4. The number of hydrogen-bond acceptors (Lipinski definition) is 8. The first-order valence-electron chi connectivity index (χ1n) is 9.97. The number of benzene rings is 2. The smallest absolute Gasteiger partial charge is 0.336 e. The van der Waals surface area contributed by atoms with Gasteiger partial charge in [-0.1, -0.05) is 23.7 Å². The van der Waals surface area contributed by atoms with Gasteiger partial charge in [0.1, 0.15) is 16.8 Å². The quantitative estimate of drug-likeness (QED) is 0.276. The summed E-state index contributed by atoms with van der Waals surface area (Å²) < 4.78 is 18.6. The van der Waals surface area contributed by atoms with Crippen LogP contribution in [0.2, 0.25) is 5.02 Å². The van der Waals surface area contributed by atoms with Crippen molar-refractivity contribution in [3.63, 3.8) is 0 Å². The lowest BCUT2D eigenvalue weighted by Gasteiger charge is -2.14. The van der Waals surface area contributed by atoms with Gasteiger partial charge < -0.3 is 14.6 Å². The monoisotopic (exact) mass is 495 g/mol. The maximum Gasteiger partial charge on any atom is 0.336 e. The van der Waals surface area contributed by atoms with Gasteiger partial charge in [0.05, 0.1) is 36.5 Å².